The van der Waals surface area contributed by atoms with Gasteiger partial charge in [-0.2, -0.15) is 0 Å². The first-order valence-electron chi connectivity index (χ1n) is 8.16. The number of aliphatic hydroxyl groups is 1. The minimum absolute atomic E-state index is 0.0338. The summed E-state index contributed by atoms with van der Waals surface area (Å²) in [6.07, 6.45) is 10.6. The van der Waals surface area contributed by atoms with E-state index >= 15 is 0 Å². The average Bonchev–Trinajstić information content (AvgIpc) is 2.68. The third-order valence-corrected chi connectivity index (χ3v) is 5.84. The molecule has 0 aliphatic heterocycles. The van der Waals surface area contributed by atoms with E-state index in [2.05, 4.69) is 32.1 Å². The van der Waals surface area contributed by atoms with E-state index in [0.29, 0.717) is 17.8 Å². The summed E-state index contributed by atoms with van der Waals surface area (Å²) in [6.45, 7) is 5.90. The van der Waals surface area contributed by atoms with Gasteiger partial charge in [-0.1, -0.05) is 38.5 Å². The monoisotopic (exact) mass is 292 g/mol. The maximum atomic E-state index is 11.6. The highest BCUT2D eigenvalue weighted by Gasteiger charge is 2.44. The normalized spacial score (nSPS) is 35.3. The molecular formula is C18H28O3. The quantitative estimate of drug-likeness (QED) is 0.831. The second-order valence-electron chi connectivity index (χ2n) is 6.99. The molecular weight excluding hydrogens is 264 g/mol. The van der Waals surface area contributed by atoms with Crippen molar-refractivity contribution in [3.05, 3.63) is 23.8 Å². The van der Waals surface area contributed by atoms with Crippen molar-refractivity contribution in [2.75, 3.05) is 6.61 Å². The van der Waals surface area contributed by atoms with Gasteiger partial charge in [-0.05, 0) is 55.4 Å². The Morgan fingerprint density at radius 1 is 1.48 bits per heavy atom. The van der Waals surface area contributed by atoms with Gasteiger partial charge in [0.2, 0.25) is 0 Å². The van der Waals surface area contributed by atoms with Crippen LogP contribution in [-0.4, -0.2) is 22.8 Å². The Bertz CT molecular complexity index is 451. The van der Waals surface area contributed by atoms with E-state index in [1.165, 1.54) is 5.57 Å². The highest BCUT2D eigenvalue weighted by atomic mass is 16.4. The molecule has 2 rings (SSSR count). The van der Waals surface area contributed by atoms with E-state index in [4.69, 9.17) is 0 Å². The molecule has 0 radical (unpaired) electrons. The predicted molar refractivity (Wildman–Crippen MR) is 83.8 cm³/mol. The molecule has 0 heterocycles. The fourth-order valence-corrected chi connectivity index (χ4v) is 4.16. The summed E-state index contributed by atoms with van der Waals surface area (Å²) in [4.78, 5) is 11.6. The van der Waals surface area contributed by atoms with Gasteiger partial charge in [0.15, 0.2) is 0 Å². The van der Waals surface area contributed by atoms with Crippen LogP contribution in [0.15, 0.2) is 23.8 Å². The van der Waals surface area contributed by atoms with Crippen molar-refractivity contribution in [3.8, 4) is 0 Å². The van der Waals surface area contributed by atoms with E-state index in [1.54, 1.807) is 6.92 Å². The summed E-state index contributed by atoms with van der Waals surface area (Å²) < 4.78 is 0. The van der Waals surface area contributed by atoms with Crippen molar-refractivity contribution in [3.63, 3.8) is 0 Å². The topological polar surface area (TPSA) is 57.5 Å². The lowest BCUT2D eigenvalue weighted by Gasteiger charge is -2.39. The summed E-state index contributed by atoms with van der Waals surface area (Å²) in [5.41, 5.74) is 0.361. The highest BCUT2D eigenvalue weighted by Crippen LogP contribution is 2.46. The first kappa shape index (κ1) is 16.3. The fraction of sp³-hybridized carbons (Fsp3) is 0.722. The molecule has 0 aromatic heterocycles. The van der Waals surface area contributed by atoms with Gasteiger partial charge in [-0.25, -0.2) is 0 Å². The van der Waals surface area contributed by atoms with Crippen LogP contribution in [0.3, 0.4) is 0 Å². The van der Waals surface area contributed by atoms with Gasteiger partial charge in [0, 0.05) is 0 Å². The summed E-state index contributed by atoms with van der Waals surface area (Å²) in [7, 11) is 0. The summed E-state index contributed by atoms with van der Waals surface area (Å²) in [5, 5.41) is 19.2. The zero-order valence-corrected chi connectivity index (χ0v) is 13.4. The Labute approximate surface area is 127 Å². The maximum absolute atomic E-state index is 11.6. The first-order valence-corrected chi connectivity index (χ1v) is 8.16. The Morgan fingerprint density at radius 2 is 2.19 bits per heavy atom. The van der Waals surface area contributed by atoms with Crippen LogP contribution in [0, 0.1) is 29.1 Å². The lowest BCUT2D eigenvalue weighted by atomic mass is 9.65. The number of carbonyl (C=O) groups is 1. The van der Waals surface area contributed by atoms with Gasteiger partial charge in [-0.3, -0.25) is 4.79 Å². The molecule has 0 spiro atoms. The molecule has 0 saturated carbocycles. The number of rotatable bonds is 4. The standard InChI is InChI=1S/C18H28O3/c1-4-15-12(2)8-9-13-6-5-7-14(10-16(13)15)18(3,11-19)17(20)21/h6,8-9,12,14-16,19H,4-5,7,10-11H2,1-3H3,(H,20,21). The molecule has 0 aromatic rings. The van der Waals surface area contributed by atoms with E-state index in [1.807, 2.05) is 0 Å². The number of hydrogen-bond acceptors (Lipinski definition) is 2. The Hall–Kier alpha value is -1.09. The summed E-state index contributed by atoms with van der Waals surface area (Å²) in [5.74, 6) is 0.727. The zero-order valence-electron chi connectivity index (χ0n) is 13.4. The largest absolute Gasteiger partial charge is 0.481 e. The Morgan fingerprint density at radius 3 is 2.76 bits per heavy atom. The highest BCUT2D eigenvalue weighted by molar-refractivity contribution is 5.74. The van der Waals surface area contributed by atoms with Crippen molar-refractivity contribution >= 4 is 5.97 Å². The van der Waals surface area contributed by atoms with Crippen LogP contribution in [0.1, 0.15) is 46.5 Å². The Kier molecular flexibility index (Phi) is 4.92. The third kappa shape index (κ3) is 2.94. The first-order chi connectivity index (χ1) is 9.93. The van der Waals surface area contributed by atoms with Gasteiger partial charge < -0.3 is 10.2 Å². The number of carboxylic acid groups (broad SMARTS) is 1. The number of hydrogen-bond donors (Lipinski definition) is 2. The molecule has 2 N–H and O–H groups in total. The minimum Gasteiger partial charge on any atom is -0.481 e. The molecule has 0 amide bonds. The summed E-state index contributed by atoms with van der Waals surface area (Å²) in [6, 6.07) is 0. The van der Waals surface area contributed by atoms with E-state index < -0.39 is 11.4 Å². The second kappa shape index (κ2) is 6.35. The van der Waals surface area contributed by atoms with Crippen molar-refractivity contribution in [1.82, 2.24) is 0 Å². The smallest absolute Gasteiger partial charge is 0.311 e. The zero-order chi connectivity index (χ0) is 15.6. The van der Waals surface area contributed by atoms with Crippen molar-refractivity contribution in [2.24, 2.45) is 29.1 Å². The lowest BCUT2D eigenvalue weighted by molar-refractivity contribution is -0.155. The van der Waals surface area contributed by atoms with Gasteiger partial charge in [-0.15, -0.1) is 0 Å². The average molecular weight is 292 g/mol. The second-order valence-corrected chi connectivity index (χ2v) is 6.99. The van der Waals surface area contributed by atoms with Crippen molar-refractivity contribution < 1.29 is 15.0 Å². The van der Waals surface area contributed by atoms with Crippen molar-refractivity contribution in [2.45, 2.75) is 46.5 Å². The molecule has 0 aromatic carbocycles. The van der Waals surface area contributed by atoms with Crippen LogP contribution >= 0.6 is 0 Å². The molecule has 3 nitrogen and oxygen atoms in total. The fourth-order valence-electron chi connectivity index (χ4n) is 4.16. The maximum Gasteiger partial charge on any atom is 0.311 e. The molecule has 5 unspecified atom stereocenters. The van der Waals surface area contributed by atoms with E-state index in [9.17, 15) is 15.0 Å². The molecule has 118 valence electrons. The van der Waals surface area contributed by atoms with Crippen LogP contribution in [0.5, 0.6) is 0 Å². The molecule has 5 atom stereocenters. The molecule has 2 aliphatic rings. The molecule has 2 aliphatic carbocycles. The van der Waals surface area contributed by atoms with Crippen LogP contribution < -0.4 is 0 Å². The number of carboxylic acids is 1. The number of fused-ring (bicyclic) bond motifs is 1. The number of allylic oxidation sites excluding steroid dienone is 4. The van der Waals surface area contributed by atoms with Crippen LogP contribution in [0.4, 0.5) is 0 Å². The van der Waals surface area contributed by atoms with Crippen LogP contribution in [-0.2, 0) is 4.79 Å². The third-order valence-electron chi connectivity index (χ3n) is 5.84. The van der Waals surface area contributed by atoms with Gasteiger partial charge in [0.05, 0.1) is 12.0 Å². The summed E-state index contributed by atoms with van der Waals surface area (Å²) >= 11 is 0. The van der Waals surface area contributed by atoms with Gasteiger partial charge in [0.1, 0.15) is 0 Å². The Balaban J connectivity index is 2.29. The van der Waals surface area contributed by atoms with E-state index in [-0.39, 0.29) is 12.5 Å². The minimum atomic E-state index is -1.02. The van der Waals surface area contributed by atoms with Gasteiger partial charge in [0.25, 0.3) is 0 Å². The van der Waals surface area contributed by atoms with Gasteiger partial charge >= 0.3 is 5.97 Å². The molecule has 0 fully saturated rings. The van der Waals surface area contributed by atoms with Crippen LogP contribution in [0.2, 0.25) is 0 Å². The predicted octanol–water partition coefficient (Wildman–Crippen LogP) is 3.64. The van der Waals surface area contributed by atoms with Crippen molar-refractivity contribution in [1.29, 1.82) is 0 Å². The lowest BCUT2D eigenvalue weighted by Crippen LogP contribution is -2.41. The number of aliphatic hydroxyl groups excluding tert-OH is 1. The van der Waals surface area contributed by atoms with E-state index in [0.717, 1.165) is 25.7 Å². The molecule has 21 heavy (non-hydrogen) atoms. The number of aliphatic carboxylic acids is 1. The van der Waals surface area contributed by atoms with Crippen LogP contribution in [0.25, 0.3) is 0 Å². The molecule has 3 heteroatoms. The molecule has 0 saturated heterocycles. The SMILES string of the molecule is CCC1C(C)C=CC2=CCCC(C(C)(CO)C(=O)O)CC21. The molecule has 0 bridgehead atoms.